The quantitative estimate of drug-likeness (QED) is 0.748. The number of hydrogen-bond donors (Lipinski definition) is 3. The second-order valence-corrected chi connectivity index (χ2v) is 3.85. The first-order chi connectivity index (χ1) is 9.15. The average Bonchev–Trinajstić information content (AvgIpc) is 2.40. The minimum atomic E-state index is -0.942. The van der Waals surface area contributed by atoms with Crippen LogP contribution >= 0.6 is 0 Å². The molecule has 0 saturated heterocycles. The number of carboxylic acids is 1. The van der Waals surface area contributed by atoms with Gasteiger partial charge < -0.3 is 15.7 Å². The second kappa shape index (κ2) is 5.76. The molecule has 0 aliphatic rings. The van der Waals surface area contributed by atoms with E-state index in [1.165, 1.54) is 6.33 Å². The van der Waals surface area contributed by atoms with E-state index in [1.54, 1.807) is 37.5 Å². The number of aromatic nitrogens is 3. The predicted octanol–water partition coefficient (Wildman–Crippen LogP) is 1.50. The first-order valence-electron chi connectivity index (χ1n) is 5.63. The molecular formula is C12H13N5O2. The molecule has 0 spiro atoms. The van der Waals surface area contributed by atoms with Crippen molar-refractivity contribution < 1.29 is 9.90 Å². The van der Waals surface area contributed by atoms with Crippen molar-refractivity contribution in [1.82, 2.24) is 15.0 Å². The molecule has 19 heavy (non-hydrogen) atoms. The topological polar surface area (TPSA) is 100 Å². The highest BCUT2D eigenvalue weighted by Crippen LogP contribution is 2.15. The van der Waals surface area contributed by atoms with Crippen molar-refractivity contribution in [3.8, 4) is 0 Å². The molecule has 0 aromatic carbocycles. The molecule has 0 saturated carbocycles. The second-order valence-electron chi connectivity index (χ2n) is 3.85. The molecule has 3 N–H and O–H groups in total. The van der Waals surface area contributed by atoms with Crippen LogP contribution in [-0.2, 0) is 4.79 Å². The van der Waals surface area contributed by atoms with Gasteiger partial charge in [-0.25, -0.2) is 9.97 Å². The minimum Gasteiger partial charge on any atom is -0.480 e. The largest absolute Gasteiger partial charge is 0.480 e. The lowest BCUT2D eigenvalue weighted by atomic mass is 10.3. The molecule has 98 valence electrons. The third-order valence-corrected chi connectivity index (χ3v) is 2.35. The first-order valence-corrected chi connectivity index (χ1v) is 5.63. The van der Waals surface area contributed by atoms with E-state index >= 15 is 0 Å². The van der Waals surface area contributed by atoms with Crippen molar-refractivity contribution in [1.29, 1.82) is 0 Å². The summed E-state index contributed by atoms with van der Waals surface area (Å²) in [5.74, 6) is 0.0741. The van der Waals surface area contributed by atoms with Gasteiger partial charge in [-0.1, -0.05) is 0 Å². The van der Waals surface area contributed by atoms with Crippen LogP contribution in [0.2, 0.25) is 0 Å². The normalized spacial score (nSPS) is 11.6. The van der Waals surface area contributed by atoms with E-state index in [0.29, 0.717) is 11.6 Å². The van der Waals surface area contributed by atoms with E-state index in [4.69, 9.17) is 5.11 Å². The number of pyridine rings is 1. The molecule has 2 aromatic heterocycles. The Morgan fingerprint density at radius 1 is 1.26 bits per heavy atom. The van der Waals surface area contributed by atoms with Gasteiger partial charge in [-0.3, -0.25) is 9.78 Å². The molecule has 2 rings (SSSR count). The van der Waals surface area contributed by atoms with E-state index in [2.05, 4.69) is 25.6 Å². The molecule has 2 aromatic rings. The zero-order chi connectivity index (χ0) is 13.7. The standard InChI is InChI=1S/C12H13N5O2/c1-8(12(18)19)16-10-6-11(15-7-14-10)17-9-2-4-13-5-3-9/h2-8H,1H3,(H,18,19)(H2,13,14,15,16,17). The molecule has 1 unspecified atom stereocenters. The van der Waals surface area contributed by atoms with E-state index in [-0.39, 0.29) is 0 Å². The van der Waals surface area contributed by atoms with Crippen LogP contribution in [0.3, 0.4) is 0 Å². The summed E-state index contributed by atoms with van der Waals surface area (Å²) in [5.41, 5.74) is 0.839. The molecule has 0 amide bonds. The van der Waals surface area contributed by atoms with Crippen LogP contribution in [0, 0.1) is 0 Å². The molecule has 0 aliphatic carbocycles. The Balaban J connectivity index is 2.09. The van der Waals surface area contributed by atoms with Crippen molar-refractivity contribution in [2.75, 3.05) is 10.6 Å². The van der Waals surface area contributed by atoms with Crippen molar-refractivity contribution >= 4 is 23.3 Å². The van der Waals surface area contributed by atoms with Gasteiger partial charge in [0.25, 0.3) is 0 Å². The fraction of sp³-hybridized carbons (Fsp3) is 0.167. The summed E-state index contributed by atoms with van der Waals surface area (Å²) in [4.78, 5) is 22.7. The molecule has 0 aliphatic heterocycles. The van der Waals surface area contributed by atoms with Gasteiger partial charge >= 0.3 is 5.97 Å². The fourth-order valence-electron chi connectivity index (χ4n) is 1.37. The summed E-state index contributed by atoms with van der Waals surface area (Å²) in [7, 11) is 0. The highest BCUT2D eigenvalue weighted by molar-refractivity contribution is 5.76. The summed E-state index contributed by atoms with van der Waals surface area (Å²) in [6.45, 7) is 1.54. The lowest BCUT2D eigenvalue weighted by Gasteiger charge is -2.11. The van der Waals surface area contributed by atoms with Crippen LogP contribution in [0.5, 0.6) is 0 Å². The molecule has 0 bridgehead atoms. The third-order valence-electron chi connectivity index (χ3n) is 2.35. The van der Waals surface area contributed by atoms with Crippen LogP contribution in [0.1, 0.15) is 6.92 Å². The monoisotopic (exact) mass is 259 g/mol. The number of nitrogens with one attached hydrogen (secondary N) is 2. The van der Waals surface area contributed by atoms with E-state index in [1.807, 2.05) is 0 Å². The summed E-state index contributed by atoms with van der Waals surface area (Å²) >= 11 is 0. The number of rotatable bonds is 5. The number of nitrogens with zero attached hydrogens (tertiary/aromatic N) is 3. The maximum Gasteiger partial charge on any atom is 0.325 e. The molecule has 7 heteroatoms. The molecule has 0 radical (unpaired) electrons. The number of aliphatic carboxylic acids is 1. The van der Waals surface area contributed by atoms with E-state index in [0.717, 1.165) is 5.69 Å². The zero-order valence-electron chi connectivity index (χ0n) is 10.2. The maximum absolute atomic E-state index is 10.8. The Labute approximate surface area is 109 Å². The van der Waals surface area contributed by atoms with Gasteiger partial charge in [0.2, 0.25) is 0 Å². The van der Waals surface area contributed by atoms with Gasteiger partial charge in [-0.05, 0) is 19.1 Å². The van der Waals surface area contributed by atoms with Crippen LogP contribution in [0.15, 0.2) is 36.9 Å². The summed E-state index contributed by atoms with van der Waals surface area (Å²) in [6, 6.07) is 4.52. The number of carboxylic acid groups (broad SMARTS) is 1. The average molecular weight is 259 g/mol. The van der Waals surface area contributed by atoms with Crippen molar-refractivity contribution in [2.24, 2.45) is 0 Å². The Morgan fingerprint density at radius 2 is 1.95 bits per heavy atom. The lowest BCUT2D eigenvalue weighted by molar-refractivity contribution is -0.137. The van der Waals surface area contributed by atoms with Gasteiger partial charge in [0, 0.05) is 24.1 Å². The lowest BCUT2D eigenvalue weighted by Crippen LogP contribution is -2.25. The molecule has 1 atom stereocenters. The number of hydrogen-bond acceptors (Lipinski definition) is 6. The molecule has 2 heterocycles. The highest BCUT2D eigenvalue weighted by atomic mass is 16.4. The van der Waals surface area contributed by atoms with Gasteiger partial charge in [0.1, 0.15) is 24.0 Å². The fourth-order valence-corrected chi connectivity index (χ4v) is 1.37. The van der Waals surface area contributed by atoms with Crippen LogP contribution in [0.4, 0.5) is 17.3 Å². The van der Waals surface area contributed by atoms with E-state index < -0.39 is 12.0 Å². The summed E-state index contributed by atoms with van der Waals surface area (Å²) in [6.07, 6.45) is 4.69. The van der Waals surface area contributed by atoms with Crippen molar-refractivity contribution in [2.45, 2.75) is 13.0 Å². The SMILES string of the molecule is CC(Nc1cc(Nc2ccncc2)ncn1)C(=O)O. The summed E-state index contributed by atoms with van der Waals surface area (Å²) < 4.78 is 0. The molecule has 7 nitrogen and oxygen atoms in total. The van der Waals surface area contributed by atoms with E-state index in [9.17, 15) is 4.79 Å². The van der Waals surface area contributed by atoms with Crippen molar-refractivity contribution in [3.63, 3.8) is 0 Å². The first kappa shape index (κ1) is 12.7. The Kier molecular flexibility index (Phi) is 3.87. The van der Waals surface area contributed by atoms with Crippen LogP contribution < -0.4 is 10.6 Å². The van der Waals surface area contributed by atoms with Gasteiger partial charge in [-0.2, -0.15) is 0 Å². The van der Waals surface area contributed by atoms with Gasteiger partial charge in [-0.15, -0.1) is 0 Å². The molecule has 0 fully saturated rings. The third kappa shape index (κ3) is 3.63. The number of carbonyl (C=O) groups is 1. The smallest absolute Gasteiger partial charge is 0.325 e. The van der Waals surface area contributed by atoms with Gasteiger partial charge in [0.15, 0.2) is 0 Å². The maximum atomic E-state index is 10.8. The molecular weight excluding hydrogens is 246 g/mol. The minimum absolute atomic E-state index is 0.446. The van der Waals surface area contributed by atoms with Crippen molar-refractivity contribution in [3.05, 3.63) is 36.9 Å². The van der Waals surface area contributed by atoms with Crippen LogP contribution in [0.25, 0.3) is 0 Å². The van der Waals surface area contributed by atoms with Gasteiger partial charge in [0.05, 0.1) is 0 Å². The predicted molar refractivity (Wildman–Crippen MR) is 70.3 cm³/mol. The summed E-state index contributed by atoms with van der Waals surface area (Å²) in [5, 5.41) is 14.7. The Morgan fingerprint density at radius 3 is 2.63 bits per heavy atom. The number of anilines is 3. The van der Waals surface area contributed by atoms with Crippen LogP contribution in [-0.4, -0.2) is 32.1 Å². The highest BCUT2D eigenvalue weighted by Gasteiger charge is 2.11. The Hall–Kier alpha value is -2.70. The Bertz CT molecular complexity index is 561. The zero-order valence-corrected chi connectivity index (χ0v) is 10.2.